The van der Waals surface area contributed by atoms with Crippen molar-refractivity contribution in [1.29, 1.82) is 0 Å². The van der Waals surface area contributed by atoms with Crippen LogP contribution in [0.1, 0.15) is 5.56 Å². The first-order valence-corrected chi connectivity index (χ1v) is 6.56. The number of aryl methyl sites for hydroxylation is 1. The molecule has 2 rings (SSSR count). The summed E-state index contributed by atoms with van der Waals surface area (Å²) in [5.74, 6) is 0.167. The summed E-state index contributed by atoms with van der Waals surface area (Å²) in [6.45, 7) is 1.91. The third-order valence-corrected chi connectivity index (χ3v) is 3.51. The van der Waals surface area contributed by atoms with E-state index in [1.54, 1.807) is 12.3 Å². The lowest BCUT2D eigenvalue weighted by atomic mass is 10.2. The summed E-state index contributed by atoms with van der Waals surface area (Å²) in [6, 6.07) is 5.41. The van der Waals surface area contributed by atoms with Crippen molar-refractivity contribution in [3.8, 4) is 0 Å². The van der Waals surface area contributed by atoms with Crippen molar-refractivity contribution in [2.45, 2.75) is 11.9 Å². The van der Waals surface area contributed by atoms with Gasteiger partial charge in [0.2, 0.25) is 5.91 Å². The van der Waals surface area contributed by atoms with Gasteiger partial charge < -0.3 is 5.32 Å². The summed E-state index contributed by atoms with van der Waals surface area (Å²) in [4.78, 5) is 11.7. The predicted molar refractivity (Wildman–Crippen MR) is 71.9 cm³/mol. The Hall–Kier alpha value is -1.53. The van der Waals surface area contributed by atoms with E-state index in [4.69, 9.17) is 11.6 Å². The normalized spacial score (nSPS) is 10.3. The van der Waals surface area contributed by atoms with Crippen molar-refractivity contribution < 1.29 is 4.79 Å². The van der Waals surface area contributed by atoms with Gasteiger partial charge in [0.05, 0.1) is 11.9 Å². The standard InChI is InChI=1S/C11H11ClN4OS/c1-7-2-3-8(4-9(7)12)14-10(17)6-18-11-5-13-16-15-11/h2-5H,6H2,1H3,(H,14,17)(H,13,15,16). The molecule has 2 aromatic rings. The summed E-state index contributed by atoms with van der Waals surface area (Å²) < 4.78 is 0. The SMILES string of the molecule is Cc1ccc(NC(=O)CSc2cn[nH]n2)cc1Cl. The number of amides is 1. The number of rotatable bonds is 4. The molecule has 0 bridgehead atoms. The van der Waals surface area contributed by atoms with Gasteiger partial charge in [-0.1, -0.05) is 29.4 Å². The van der Waals surface area contributed by atoms with Crippen molar-refractivity contribution in [3.63, 3.8) is 0 Å². The highest BCUT2D eigenvalue weighted by Gasteiger charge is 2.06. The Morgan fingerprint density at radius 1 is 1.56 bits per heavy atom. The third kappa shape index (κ3) is 3.48. The number of H-pyrrole nitrogens is 1. The Labute approximate surface area is 113 Å². The Morgan fingerprint density at radius 2 is 2.39 bits per heavy atom. The lowest BCUT2D eigenvalue weighted by Gasteiger charge is -2.06. The van der Waals surface area contributed by atoms with E-state index < -0.39 is 0 Å². The number of hydrogen-bond acceptors (Lipinski definition) is 4. The van der Waals surface area contributed by atoms with E-state index in [9.17, 15) is 4.79 Å². The molecule has 0 atom stereocenters. The maximum Gasteiger partial charge on any atom is 0.234 e. The van der Waals surface area contributed by atoms with Crippen LogP contribution in [0.15, 0.2) is 29.4 Å². The predicted octanol–water partition coefficient (Wildman–Crippen LogP) is 2.50. The van der Waals surface area contributed by atoms with Crippen LogP contribution < -0.4 is 5.32 Å². The number of nitrogens with zero attached hydrogens (tertiary/aromatic N) is 2. The monoisotopic (exact) mass is 282 g/mol. The van der Waals surface area contributed by atoms with E-state index in [-0.39, 0.29) is 11.7 Å². The molecule has 0 aliphatic rings. The maximum absolute atomic E-state index is 11.7. The van der Waals surface area contributed by atoms with Crippen molar-refractivity contribution in [1.82, 2.24) is 15.4 Å². The van der Waals surface area contributed by atoms with Crippen LogP contribution in [0.4, 0.5) is 5.69 Å². The fourth-order valence-corrected chi connectivity index (χ4v) is 2.03. The zero-order valence-corrected chi connectivity index (χ0v) is 11.2. The van der Waals surface area contributed by atoms with Gasteiger partial charge in [-0.05, 0) is 24.6 Å². The van der Waals surface area contributed by atoms with Crippen LogP contribution >= 0.6 is 23.4 Å². The van der Waals surface area contributed by atoms with E-state index >= 15 is 0 Å². The number of nitrogens with one attached hydrogen (secondary N) is 2. The highest BCUT2D eigenvalue weighted by atomic mass is 35.5. The first kappa shape index (κ1) is 12.9. The van der Waals surface area contributed by atoms with Gasteiger partial charge in [-0.2, -0.15) is 10.3 Å². The van der Waals surface area contributed by atoms with Gasteiger partial charge in [-0.25, -0.2) is 0 Å². The lowest BCUT2D eigenvalue weighted by molar-refractivity contribution is -0.113. The van der Waals surface area contributed by atoms with Gasteiger partial charge in [0, 0.05) is 10.7 Å². The largest absolute Gasteiger partial charge is 0.325 e. The van der Waals surface area contributed by atoms with Gasteiger partial charge >= 0.3 is 0 Å². The molecule has 0 spiro atoms. The molecule has 94 valence electrons. The second-order valence-electron chi connectivity index (χ2n) is 3.61. The van der Waals surface area contributed by atoms with Crippen LogP contribution in [-0.2, 0) is 4.79 Å². The van der Waals surface area contributed by atoms with Crippen LogP contribution in [0.2, 0.25) is 5.02 Å². The van der Waals surface area contributed by atoms with Crippen LogP contribution in [-0.4, -0.2) is 27.1 Å². The van der Waals surface area contributed by atoms with Crippen molar-refractivity contribution in [3.05, 3.63) is 35.0 Å². The molecule has 0 radical (unpaired) electrons. The quantitative estimate of drug-likeness (QED) is 0.845. The number of aromatic nitrogens is 3. The number of anilines is 1. The van der Waals surface area contributed by atoms with Gasteiger partial charge in [0.25, 0.3) is 0 Å². The molecule has 2 N–H and O–H groups in total. The molecule has 0 saturated heterocycles. The Balaban J connectivity index is 1.88. The number of aromatic amines is 1. The summed E-state index contributed by atoms with van der Waals surface area (Å²) in [5.41, 5.74) is 1.67. The average Bonchev–Trinajstić information content (AvgIpc) is 2.84. The summed E-state index contributed by atoms with van der Waals surface area (Å²) in [6.07, 6.45) is 1.57. The average molecular weight is 283 g/mol. The van der Waals surface area contributed by atoms with Gasteiger partial charge in [0.15, 0.2) is 0 Å². The Kier molecular flexibility index (Phi) is 4.22. The molecule has 0 aliphatic heterocycles. The number of carbonyl (C=O) groups excluding carboxylic acids is 1. The van der Waals surface area contributed by atoms with E-state index in [2.05, 4.69) is 20.7 Å². The van der Waals surface area contributed by atoms with E-state index in [0.29, 0.717) is 15.7 Å². The molecule has 1 heterocycles. The molecular weight excluding hydrogens is 272 g/mol. The molecule has 7 heteroatoms. The van der Waals surface area contributed by atoms with E-state index in [1.807, 2.05) is 19.1 Å². The third-order valence-electron chi connectivity index (χ3n) is 2.20. The molecule has 5 nitrogen and oxygen atoms in total. The lowest BCUT2D eigenvalue weighted by Crippen LogP contribution is -2.14. The minimum absolute atomic E-state index is 0.108. The van der Waals surface area contributed by atoms with Gasteiger partial charge in [-0.3, -0.25) is 4.79 Å². The van der Waals surface area contributed by atoms with Gasteiger partial charge in [0.1, 0.15) is 5.03 Å². The second kappa shape index (κ2) is 5.88. The summed E-state index contributed by atoms with van der Waals surface area (Å²) in [7, 11) is 0. The summed E-state index contributed by atoms with van der Waals surface area (Å²) in [5, 5.41) is 14.1. The highest BCUT2D eigenvalue weighted by molar-refractivity contribution is 7.99. The van der Waals surface area contributed by atoms with Crippen LogP contribution in [0, 0.1) is 6.92 Å². The molecule has 1 aromatic heterocycles. The zero-order chi connectivity index (χ0) is 13.0. The fourth-order valence-electron chi connectivity index (χ4n) is 1.27. The van der Waals surface area contributed by atoms with Crippen LogP contribution in [0.5, 0.6) is 0 Å². The Bertz CT molecular complexity index is 544. The molecule has 0 aliphatic carbocycles. The molecule has 0 fully saturated rings. The molecule has 0 saturated carbocycles. The number of hydrogen-bond donors (Lipinski definition) is 2. The maximum atomic E-state index is 11.7. The minimum atomic E-state index is -0.108. The molecule has 1 aromatic carbocycles. The number of benzene rings is 1. The number of halogens is 1. The molecular formula is C11H11ClN4OS. The number of thioether (sulfide) groups is 1. The van der Waals surface area contributed by atoms with Crippen LogP contribution in [0.3, 0.4) is 0 Å². The smallest absolute Gasteiger partial charge is 0.234 e. The van der Waals surface area contributed by atoms with Crippen LogP contribution in [0.25, 0.3) is 0 Å². The first-order chi connectivity index (χ1) is 8.65. The molecule has 1 amide bonds. The molecule has 18 heavy (non-hydrogen) atoms. The van der Waals surface area contributed by atoms with E-state index in [1.165, 1.54) is 11.8 Å². The minimum Gasteiger partial charge on any atom is -0.325 e. The van der Waals surface area contributed by atoms with Crippen molar-refractivity contribution >= 4 is 35.0 Å². The zero-order valence-electron chi connectivity index (χ0n) is 9.61. The van der Waals surface area contributed by atoms with E-state index in [0.717, 1.165) is 5.56 Å². The van der Waals surface area contributed by atoms with Crippen molar-refractivity contribution in [2.75, 3.05) is 11.1 Å². The second-order valence-corrected chi connectivity index (χ2v) is 5.01. The van der Waals surface area contributed by atoms with Crippen molar-refractivity contribution in [2.24, 2.45) is 0 Å². The topological polar surface area (TPSA) is 70.7 Å². The van der Waals surface area contributed by atoms with Gasteiger partial charge in [-0.15, -0.1) is 5.10 Å². The highest BCUT2D eigenvalue weighted by Crippen LogP contribution is 2.20. The first-order valence-electron chi connectivity index (χ1n) is 5.20. The fraction of sp³-hybridized carbons (Fsp3) is 0.182. The summed E-state index contributed by atoms with van der Waals surface area (Å²) >= 11 is 7.29. The number of carbonyl (C=O) groups is 1. The molecule has 0 unspecified atom stereocenters. The Morgan fingerprint density at radius 3 is 3.06 bits per heavy atom.